The standard InChI is InChI=1S/C17H30N2O3/c1-13(7-6-10-20)18-17(22)14-11-16(21)19(12-14)15-8-4-2-3-5-9-15/h13-15,20H,2-12H2,1H3,(H,18,22). The number of amides is 2. The van der Waals surface area contributed by atoms with Gasteiger partial charge in [-0.05, 0) is 32.6 Å². The monoisotopic (exact) mass is 310 g/mol. The molecule has 1 saturated heterocycles. The van der Waals surface area contributed by atoms with Gasteiger partial charge in [0.05, 0.1) is 5.92 Å². The number of carbonyl (C=O) groups excluding carboxylic acids is 2. The molecule has 22 heavy (non-hydrogen) atoms. The summed E-state index contributed by atoms with van der Waals surface area (Å²) >= 11 is 0. The number of nitrogens with one attached hydrogen (secondary N) is 1. The molecule has 2 atom stereocenters. The van der Waals surface area contributed by atoms with Gasteiger partial charge < -0.3 is 15.3 Å². The molecule has 126 valence electrons. The Morgan fingerprint density at radius 3 is 2.64 bits per heavy atom. The van der Waals surface area contributed by atoms with E-state index in [9.17, 15) is 9.59 Å². The molecule has 5 heteroatoms. The Balaban J connectivity index is 1.84. The highest BCUT2D eigenvalue weighted by Crippen LogP contribution is 2.28. The molecule has 0 bridgehead atoms. The van der Waals surface area contributed by atoms with E-state index < -0.39 is 0 Å². The van der Waals surface area contributed by atoms with Gasteiger partial charge in [-0.15, -0.1) is 0 Å². The minimum Gasteiger partial charge on any atom is -0.396 e. The fraction of sp³-hybridized carbons (Fsp3) is 0.882. The largest absolute Gasteiger partial charge is 0.396 e. The van der Waals surface area contributed by atoms with Gasteiger partial charge in [0, 0.05) is 31.7 Å². The number of nitrogens with zero attached hydrogens (tertiary/aromatic N) is 1. The Labute approximate surface area is 133 Å². The number of carbonyl (C=O) groups is 2. The third-order valence-corrected chi connectivity index (χ3v) is 4.98. The molecule has 0 aromatic rings. The van der Waals surface area contributed by atoms with Crippen LogP contribution in [0, 0.1) is 5.92 Å². The van der Waals surface area contributed by atoms with Crippen molar-refractivity contribution in [3.8, 4) is 0 Å². The summed E-state index contributed by atoms with van der Waals surface area (Å²) in [6, 6.07) is 0.404. The van der Waals surface area contributed by atoms with E-state index in [0.29, 0.717) is 25.4 Å². The van der Waals surface area contributed by atoms with E-state index in [1.165, 1.54) is 25.7 Å². The molecule has 1 aliphatic carbocycles. The van der Waals surface area contributed by atoms with Crippen LogP contribution in [-0.4, -0.2) is 47.1 Å². The van der Waals surface area contributed by atoms with Crippen molar-refractivity contribution in [2.75, 3.05) is 13.2 Å². The SMILES string of the molecule is CC(CCCO)NC(=O)C1CC(=O)N(C2CCCCCC2)C1. The van der Waals surface area contributed by atoms with Crippen molar-refractivity contribution in [2.24, 2.45) is 5.92 Å². The van der Waals surface area contributed by atoms with Crippen molar-refractivity contribution in [1.82, 2.24) is 10.2 Å². The van der Waals surface area contributed by atoms with Gasteiger partial charge in [0.15, 0.2) is 0 Å². The summed E-state index contributed by atoms with van der Waals surface area (Å²) in [6.07, 6.45) is 8.94. The van der Waals surface area contributed by atoms with E-state index in [4.69, 9.17) is 5.11 Å². The normalized spacial score (nSPS) is 25.1. The summed E-state index contributed by atoms with van der Waals surface area (Å²) < 4.78 is 0. The van der Waals surface area contributed by atoms with Gasteiger partial charge in [0.25, 0.3) is 0 Å². The number of hydrogen-bond acceptors (Lipinski definition) is 3. The summed E-state index contributed by atoms with van der Waals surface area (Å²) in [5.41, 5.74) is 0. The second-order valence-corrected chi connectivity index (χ2v) is 6.87. The van der Waals surface area contributed by atoms with E-state index >= 15 is 0 Å². The number of hydrogen-bond donors (Lipinski definition) is 2. The molecule has 0 aromatic heterocycles. The molecule has 2 fully saturated rings. The van der Waals surface area contributed by atoms with Gasteiger partial charge >= 0.3 is 0 Å². The van der Waals surface area contributed by atoms with Crippen LogP contribution in [0.4, 0.5) is 0 Å². The third kappa shape index (κ3) is 4.70. The lowest BCUT2D eigenvalue weighted by atomic mass is 10.1. The molecular weight excluding hydrogens is 280 g/mol. The zero-order chi connectivity index (χ0) is 15.9. The number of rotatable bonds is 6. The lowest BCUT2D eigenvalue weighted by Crippen LogP contribution is -2.40. The Bertz CT molecular complexity index is 378. The minimum atomic E-state index is -0.202. The van der Waals surface area contributed by atoms with Gasteiger partial charge in [0.2, 0.25) is 11.8 Å². The molecule has 0 aromatic carbocycles. The summed E-state index contributed by atoms with van der Waals surface area (Å²) in [7, 11) is 0. The van der Waals surface area contributed by atoms with Gasteiger partial charge in [-0.2, -0.15) is 0 Å². The highest BCUT2D eigenvalue weighted by atomic mass is 16.3. The van der Waals surface area contributed by atoms with Crippen LogP contribution in [0.1, 0.15) is 64.7 Å². The summed E-state index contributed by atoms with van der Waals surface area (Å²) in [5.74, 6) is -0.0581. The lowest BCUT2D eigenvalue weighted by molar-refractivity contribution is -0.130. The van der Waals surface area contributed by atoms with E-state index in [1.54, 1.807) is 0 Å². The molecule has 2 aliphatic rings. The molecule has 1 heterocycles. The molecule has 1 aliphatic heterocycles. The Hall–Kier alpha value is -1.10. The van der Waals surface area contributed by atoms with Gasteiger partial charge in [-0.25, -0.2) is 0 Å². The Morgan fingerprint density at radius 1 is 1.32 bits per heavy atom. The van der Waals surface area contributed by atoms with E-state index in [1.807, 2.05) is 11.8 Å². The fourth-order valence-corrected chi connectivity index (χ4v) is 3.66. The van der Waals surface area contributed by atoms with Crippen LogP contribution >= 0.6 is 0 Å². The van der Waals surface area contributed by atoms with Crippen molar-refractivity contribution >= 4 is 11.8 Å². The van der Waals surface area contributed by atoms with E-state index in [-0.39, 0.29) is 30.4 Å². The first-order valence-electron chi connectivity index (χ1n) is 8.82. The van der Waals surface area contributed by atoms with Gasteiger partial charge in [-0.3, -0.25) is 9.59 Å². The minimum absolute atomic E-state index is 0.00471. The highest BCUT2D eigenvalue weighted by molar-refractivity contribution is 5.89. The van der Waals surface area contributed by atoms with Crippen molar-refractivity contribution < 1.29 is 14.7 Å². The maximum atomic E-state index is 12.3. The van der Waals surface area contributed by atoms with Crippen molar-refractivity contribution in [3.63, 3.8) is 0 Å². The first kappa shape index (κ1) is 17.3. The van der Waals surface area contributed by atoms with Gasteiger partial charge in [-0.1, -0.05) is 25.7 Å². The topological polar surface area (TPSA) is 69.6 Å². The number of likely N-dealkylation sites (tertiary alicyclic amines) is 1. The lowest BCUT2D eigenvalue weighted by Gasteiger charge is -2.27. The van der Waals surface area contributed by atoms with Crippen LogP contribution in [0.3, 0.4) is 0 Å². The van der Waals surface area contributed by atoms with Crippen LogP contribution in [0.15, 0.2) is 0 Å². The molecule has 0 spiro atoms. The number of aliphatic hydroxyl groups is 1. The highest BCUT2D eigenvalue weighted by Gasteiger charge is 2.37. The van der Waals surface area contributed by atoms with Crippen molar-refractivity contribution in [3.05, 3.63) is 0 Å². The van der Waals surface area contributed by atoms with Crippen molar-refractivity contribution in [1.29, 1.82) is 0 Å². The molecule has 1 saturated carbocycles. The maximum Gasteiger partial charge on any atom is 0.225 e. The average molecular weight is 310 g/mol. The summed E-state index contributed by atoms with van der Waals surface area (Å²) in [5, 5.41) is 11.8. The predicted molar refractivity (Wildman–Crippen MR) is 85.2 cm³/mol. The zero-order valence-corrected chi connectivity index (χ0v) is 13.7. The van der Waals surface area contributed by atoms with E-state index in [0.717, 1.165) is 19.3 Å². The van der Waals surface area contributed by atoms with Crippen LogP contribution in [0.25, 0.3) is 0 Å². The Morgan fingerprint density at radius 2 is 2.00 bits per heavy atom. The molecule has 2 N–H and O–H groups in total. The van der Waals surface area contributed by atoms with E-state index in [2.05, 4.69) is 5.32 Å². The van der Waals surface area contributed by atoms with Crippen LogP contribution in [0.5, 0.6) is 0 Å². The molecule has 2 rings (SSSR count). The first-order valence-corrected chi connectivity index (χ1v) is 8.82. The zero-order valence-electron chi connectivity index (χ0n) is 13.7. The van der Waals surface area contributed by atoms with Crippen LogP contribution in [0.2, 0.25) is 0 Å². The van der Waals surface area contributed by atoms with Crippen LogP contribution in [-0.2, 0) is 9.59 Å². The summed E-state index contributed by atoms with van der Waals surface area (Å²) in [6.45, 7) is 2.69. The third-order valence-electron chi connectivity index (χ3n) is 4.98. The fourth-order valence-electron chi connectivity index (χ4n) is 3.66. The van der Waals surface area contributed by atoms with Crippen molar-refractivity contribution in [2.45, 2.75) is 76.8 Å². The van der Waals surface area contributed by atoms with Gasteiger partial charge in [0.1, 0.15) is 0 Å². The molecule has 0 radical (unpaired) electrons. The maximum absolute atomic E-state index is 12.3. The molecule has 2 amide bonds. The smallest absolute Gasteiger partial charge is 0.225 e. The second kappa shape index (κ2) is 8.51. The molecular formula is C17H30N2O3. The predicted octanol–water partition coefficient (Wildman–Crippen LogP) is 1.83. The molecule has 2 unspecified atom stereocenters. The first-order chi connectivity index (χ1) is 10.6. The Kier molecular flexibility index (Phi) is 6.68. The van der Waals surface area contributed by atoms with Crippen LogP contribution < -0.4 is 5.32 Å². The number of aliphatic hydroxyl groups excluding tert-OH is 1. The summed E-state index contributed by atoms with van der Waals surface area (Å²) in [4.78, 5) is 26.5. The second-order valence-electron chi connectivity index (χ2n) is 6.87. The quantitative estimate of drug-likeness (QED) is 0.735. The molecule has 5 nitrogen and oxygen atoms in total. The average Bonchev–Trinajstić information content (AvgIpc) is 2.72.